The number of benzene rings is 1. The van der Waals surface area contributed by atoms with Crippen molar-refractivity contribution in [3.05, 3.63) is 53.9 Å². The Hall–Kier alpha value is -2.57. The Kier molecular flexibility index (Phi) is 5.15. The number of amides is 1. The van der Waals surface area contributed by atoms with Gasteiger partial charge in [0.1, 0.15) is 0 Å². The summed E-state index contributed by atoms with van der Waals surface area (Å²) in [5.74, 6) is 0.119. The summed E-state index contributed by atoms with van der Waals surface area (Å²) < 4.78 is 38.4. The summed E-state index contributed by atoms with van der Waals surface area (Å²) in [4.78, 5) is 17.9. The lowest BCUT2D eigenvalue weighted by molar-refractivity contribution is -0.137. The Labute approximate surface area is 150 Å². The van der Waals surface area contributed by atoms with Gasteiger partial charge < -0.3 is 10.2 Å². The maximum Gasteiger partial charge on any atom is 0.416 e. The molecule has 138 valence electrons. The van der Waals surface area contributed by atoms with Crippen LogP contribution < -0.4 is 10.2 Å². The zero-order valence-electron chi connectivity index (χ0n) is 14.4. The molecule has 1 amide bonds. The zero-order valence-corrected chi connectivity index (χ0v) is 14.4. The molecule has 1 aromatic heterocycles. The van der Waals surface area contributed by atoms with E-state index in [4.69, 9.17) is 0 Å². The maximum absolute atomic E-state index is 12.8. The minimum absolute atomic E-state index is 0.0158. The third kappa shape index (κ3) is 3.98. The van der Waals surface area contributed by atoms with Gasteiger partial charge in [0, 0.05) is 31.4 Å². The van der Waals surface area contributed by atoms with E-state index in [0.29, 0.717) is 25.2 Å². The van der Waals surface area contributed by atoms with E-state index in [0.717, 1.165) is 29.9 Å². The SMILES string of the molecule is CCC(=O)NC[C@H]1Cc2ncccc2N(c2ccc(C(F)(F)F)cc2)C1. The lowest BCUT2D eigenvalue weighted by Gasteiger charge is -2.35. The van der Waals surface area contributed by atoms with Crippen molar-refractivity contribution in [2.45, 2.75) is 25.9 Å². The van der Waals surface area contributed by atoms with E-state index in [9.17, 15) is 18.0 Å². The van der Waals surface area contributed by atoms with Gasteiger partial charge in [-0.25, -0.2) is 0 Å². The number of anilines is 2. The second kappa shape index (κ2) is 7.35. The summed E-state index contributed by atoms with van der Waals surface area (Å²) in [7, 11) is 0. The van der Waals surface area contributed by atoms with E-state index in [1.54, 1.807) is 13.1 Å². The van der Waals surface area contributed by atoms with Gasteiger partial charge in [-0.1, -0.05) is 6.92 Å². The van der Waals surface area contributed by atoms with Gasteiger partial charge in [-0.3, -0.25) is 9.78 Å². The van der Waals surface area contributed by atoms with Crippen LogP contribution in [0.4, 0.5) is 24.5 Å². The normalized spacial score (nSPS) is 16.9. The van der Waals surface area contributed by atoms with Crippen LogP contribution in [0.2, 0.25) is 0 Å². The van der Waals surface area contributed by atoms with Gasteiger partial charge in [-0.2, -0.15) is 13.2 Å². The first-order valence-electron chi connectivity index (χ1n) is 8.54. The van der Waals surface area contributed by atoms with Crippen LogP contribution in [-0.2, 0) is 17.4 Å². The summed E-state index contributed by atoms with van der Waals surface area (Å²) in [6, 6.07) is 8.87. The third-order valence-corrected chi connectivity index (χ3v) is 4.50. The van der Waals surface area contributed by atoms with Crippen molar-refractivity contribution in [2.24, 2.45) is 5.92 Å². The van der Waals surface area contributed by atoms with E-state index < -0.39 is 11.7 Å². The van der Waals surface area contributed by atoms with Crippen molar-refractivity contribution in [2.75, 3.05) is 18.0 Å². The van der Waals surface area contributed by atoms with Crippen LogP contribution in [0.25, 0.3) is 0 Å². The molecule has 0 fully saturated rings. The number of nitrogens with zero attached hydrogens (tertiary/aromatic N) is 2. The largest absolute Gasteiger partial charge is 0.416 e. The van der Waals surface area contributed by atoms with E-state index >= 15 is 0 Å². The molecule has 0 radical (unpaired) electrons. The number of carbonyl (C=O) groups is 1. The van der Waals surface area contributed by atoms with Crippen LogP contribution >= 0.6 is 0 Å². The molecule has 1 atom stereocenters. The Morgan fingerprint density at radius 3 is 2.65 bits per heavy atom. The Bertz CT molecular complexity index is 774. The highest BCUT2D eigenvalue weighted by Crippen LogP contribution is 2.36. The molecule has 0 aliphatic carbocycles. The highest BCUT2D eigenvalue weighted by molar-refractivity contribution is 5.75. The summed E-state index contributed by atoms with van der Waals surface area (Å²) in [5, 5.41) is 2.89. The Morgan fingerprint density at radius 1 is 1.27 bits per heavy atom. The lowest BCUT2D eigenvalue weighted by Crippen LogP contribution is -2.39. The number of halogens is 3. The lowest BCUT2D eigenvalue weighted by atomic mass is 9.95. The van der Waals surface area contributed by atoms with Crippen LogP contribution in [0.5, 0.6) is 0 Å². The van der Waals surface area contributed by atoms with Crippen LogP contribution in [0.1, 0.15) is 24.6 Å². The molecular formula is C19H20F3N3O. The fourth-order valence-electron chi connectivity index (χ4n) is 3.12. The molecule has 0 bridgehead atoms. The zero-order chi connectivity index (χ0) is 18.7. The summed E-state index contributed by atoms with van der Waals surface area (Å²) >= 11 is 0. The molecule has 2 heterocycles. The molecule has 1 aliphatic rings. The van der Waals surface area contributed by atoms with Gasteiger partial charge in [0.25, 0.3) is 0 Å². The summed E-state index contributed by atoms with van der Waals surface area (Å²) in [5.41, 5.74) is 1.79. The molecule has 26 heavy (non-hydrogen) atoms. The summed E-state index contributed by atoms with van der Waals surface area (Å²) in [6.45, 7) is 2.91. The molecule has 1 aromatic carbocycles. The van der Waals surface area contributed by atoms with Crippen molar-refractivity contribution in [3.63, 3.8) is 0 Å². The van der Waals surface area contributed by atoms with Crippen molar-refractivity contribution in [1.29, 1.82) is 0 Å². The molecule has 0 unspecified atom stereocenters. The van der Waals surface area contributed by atoms with Crippen molar-refractivity contribution >= 4 is 17.3 Å². The number of alkyl halides is 3. The summed E-state index contributed by atoms with van der Waals surface area (Å²) in [6.07, 6.45) is -1.51. The average Bonchev–Trinajstić information content (AvgIpc) is 2.64. The van der Waals surface area contributed by atoms with E-state index in [1.165, 1.54) is 12.1 Å². The Balaban J connectivity index is 1.85. The molecule has 1 aliphatic heterocycles. The number of fused-ring (bicyclic) bond motifs is 1. The minimum atomic E-state index is -4.35. The number of nitrogens with one attached hydrogen (secondary N) is 1. The smallest absolute Gasteiger partial charge is 0.356 e. The van der Waals surface area contributed by atoms with E-state index in [1.807, 2.05) is 17.0 Å². The topological polar surface area (TPSA) is 45.2 Å². The molecule has 4 nitrogen and oxygen atoms in total. The molecule has 3 rings (SSSR count). The fraction of sp³-hybridized carbons (Fsp3) is 0.368. The van der Waals surface area contributed by atoms with Crippen LogP contribution in [0, 0.1) is 5.92 Å². The van der Waals surface area contributed by atoms with Gasteiger partial charge in [-0.05, 0) is 48.7 Å². The number of rotatable bonds is 4. The maximum atomic E-state index is 12.8. The fourth-order valence-corrected chi connectivity index (χ4v) is 3.12. The second-order valence-electron chi connectivity index (χ2n) is 6.35. The molecule has 1 N–H and O–H groups in total. The van der Waals surface area contributed by atoms with Gasteiger partial charge >= 0.3 is 6.18 Å². The molecule has 2 aromatic rings. The number of hydrogen-bond donors (Lipinski definition) is 1. The van der Waals surface area contributed by atoms with Crippen LogP contribution in [0.15, 0.2) is 42.6 Å². The van der Waals surface area contributed by atoms with Crippen molar-refractivity contribution in [3.8, 4) is 0 Å². The van der Waals surface area contributed by atoms with Crippen LogP contribution in [0.3, 0.4) is 0 Å². The van der Waals surface area contributed by atoms with Gasteiger partial charge in [0.2, 0.25) is 5.91 Å². The number of pyridine rings is 1. The number of hydrogen-bond acceptors (Lipinski definition) is 3. The first-order chi connectivity index (χ1) is 12.4. The second-order valence-corrected chi connectivity index (χ2v) is 6.35. The minimum Gasteiger partial charge on any atom is -0.356 e. The van der Waals surface area contributed by atoms with Crippen molar-refractivity contribution < 1.29 is 18.0 Å². The number of carbonyl (C=O) groups excluding carboxylic acids is 1. The highest BCUT2D eigenvalue weighted by Gasteiger charge is 2.31. The molecule has 0 spiro atoms. The predicted octanol–water partition coefficient (Wildman–Crippen LogP) is 3.94. The monoisotopic (exact) mass is 363 g/mol. The standard InChI is InChI=1S/C19H20F3N3O/c1-2-18(26)24-11-13-10-16-17(4-3-9-23-16)25(12-13)15-7-5-14(6-8-15)19(20,21)22/h3-9,13H,2,10-12H2,1H3,(H,24,26)/t13-/m1/s1. The average molecular weight is 363 g/mol. The Morgan fingerprint density at radius 2 is 2.00 bits per heavy atom. The van der Waals surface area contributed by atoms with Gasteiger partial charge in [0.05, 0.1) is 16.9 Å². The molecule has 7 heteroatoms. The van der Waals surface area contributed by atoms with Crippen molar-refractivity contribution in [1.82, 2.24) is 10.3 Å². The van der Waals surface area contributed by atoms with Crippen LogP contribution in [-0.4, -0.2) is 24.0 Å². The van der Waals surface area contributed by atoms with E-state index in [-0.39, 0.29) is 11.8 Å². The van der Waals surface area contributed by atoms with E-state index in [2.05, 4.69) is 10.3 Å². The van der Waals surface area contributed by atoms with Gasteiger partial charge in [-0.15, -0.1) is 0 Å². The molecule has 0 saturated carbocycles. The number of aromatic nitrogens is 1. The first kappa shape index (κ1) is 18.2. The third-order valence-electron chi connectivity index (χ3n) is 4.50. The molecular weight excluding hydrogens is 343 g/mol. The quantitative estimate of drug-likeness (QED) is 0.895. The highest BCUT2D eigenvalue weighted by atomic mass is 19.4. The predicted molar refractivity (Wildman–Crippen MR) is 93.2 cm³/mol. The molecule has 0 saturated heterocycles. The first-order valence-corrected chi connectivity index (χ1v) is 8.54. The van der Waals surface area contributed by atoms with Gasteiger partial charge in [0.15, 0.2) is 0 Å².